The van der Waals surface area contributed by atoms with E-state index in [-0.39, 0.29) is 17.9 Å². The molecule has 1 saturated heterocycles. The van der Waals surface area contributed by atoms with E-state index in [4.69, 9.17) is 4.52 Å². The molecule has 1 fully saturated rings. The van der Waals surface area contributed by atoms with Crippen molar-refractivity contribution in [2.75, 3.05) is 19.6 Å². The molecule has 138 valence electrons. The molecule has 0 spiro atoms. The summed E-state index contributed by atoms with van der Waals surface area (Å²) in [6.45, 7) is 4.96. The number of piperidine rings is 1. The first-order valence-electron chi connectivity index (χ1n) is 8.67. The van der Waals surface area contributed by atoms with Crippen LogP contribution in [0.4, 0.5) is 0 Å². The number of rotatable bonds is 5. The average molecular weight is 358 g/mol. The third kappa shape index (κ3) is 4.22. The summed E-state index contributed by atoms with van der Waals surface area (Å²) in [6.07, 6.45) is 5.20. The summed E-state index contributed by atoms with van der Waals surface area (Å²) in [6, 6.07) is 1.63. The van der Waals surface area contributed by atoms with Gasteiger partial charge in [0.15, 0.2) is 5.82 Å². The lowest BCUT2D eigenvalue weighted by Crippen LogP contribution is -2.51. The van der Waals surface area contributed by atoms with Gasteiger partial charge in [0.2, 0.25) is 11.8 Å². The zero-order valence-electron chi connectivity index (χ0n) is 15.0. The highest BCUT2D eigenvalue weighted by atomic mass is 16.5. The molecule has 0 saturated carbocycles. The van der Waals surface area contributed by atoms with Crippen molar-refractivity contribution in [3.63, 3.8) is 0 Å². The van der Waals surface area contributed by atoms with Crippen molar-refractivity contribution in [3.05, 3.63) is 35.7 Å². The van der Waals surface area contributed by atoms with Crippen molar-refractivity contribution in [2.24, 2.45) is 0 Å². The molecular formula is C17H22N6O3. The lowest BCUT2D eigenvalue weighted by Gasteiger charge is -2.39. The van der Waals surface area contributed by atoms with E-state index in [2.05, 4.69) is 20.3 Å². The van der Waals surface area contributed by atoms with E-state index in [0.29, 0.717) is 43.3 Å². The van der Waals surface area contributed by atoms with Gasteiger partial charge in [0, 0.05) is 45.9 Å². The standard InChI is InChI=1S/C17H22N6O3/c1-12-20-16(21-26-12)6-9-23(13(2)24)15-4-3-8-22(11-15)17(25)14-5-7-18-19-10-14/h5,7,10,15H,3-4,6,8-9,11H2,1-2H3. The Morgan fingerprint density at radius 1 is 1.38 bits per heavy atom. The molecule has 26 heavy (non-hydrogen) atoms. The van der Waals surface area contributed by atoms with Gasteiger partial charge in [-0.05, 0) is 18.9 Å². The smallest absolute Gasteiger partial charge is 0.255 e. The van der Waals surface area contributed by atoms with Gasteiger partial charge in [0.05, 0.1) is 18.0 Å². The molecule has 1 aliphatic heterocycles. The van der Waals surface area contributed by atoms with E-state index in [1.807, 2.05) is 0 Å². The maximum atomic E-state index is 12.6. The summed E-state index contributed by atoms with van der Waals surface area (Å²) in [7, 11) is 0. The van der Waals surface area contributed by atoms with Crippen LogP contribution in [0.1, 0.15) is 41.8 Å². The van der Waals surface area contributed by atoms with Crippen LogP contribution in [-0.2, 0) is 11.2 Å². The summed E-state index contributed by atoms with van der Waals surface area (Å²) in [5, 5.41) is 11.3. The first-order chi connectivity index (χ1) is 12.5. The van der Waals surface area contributed by atoms with Crippen molar-refractivity contribution in [1.29, 1.82) is 0 Å². The van der Waals surface area contributed by atoms with Gasteiger partial charge in [-0.25, -0.2) is 0 Å². The summed E-state index contributed by atoms with van der Waals surface area (Å²) < 4.78 is 4.97. The predicted octanol–water partition coefficient (Wildman–Crippen LogP) is 0.864. The van der Waals surface area contributed by atoms with Gasteiger partial charge >= 0.3 is 0 Å². The van der Waals surface area contributed by atoms with Crippen LogP contribution < -0.4 is 0 Å². The minimum Gasteiger partial charge on any atom is -0.340 e. The molecule has 0 bridgehead atoms. The summed E-state index contributed by atoms with van der Waals surface area (Å²) in [5.41, 5.74) is 0.511. The monoisotopic (exact) mass is 358 g/mol. The molecule has 0 radical (unpaired) electrons. The molecular weight excluding hydrogens is 336 g/mol. The lowest BCUT2D eigenvalue weighted by atomic mass is 10.0. The number of amides is 2. The molecule has 1 atom stereocenters. The second-order valence-corrected chi connectivity index (χ2v) is 6.37. The molecule has 1 aliphatic rings. The Morgan fingerprint density at radius 3 is 2.88 bits per heavy atom. The highest BCUT2D eigenvalue weighted by Gasteiger charge is 2.30. The van der Waals surface area contributed by atoms with Crippen LogP contribution in [0.2, 0.25) is 0 Å². The topological polar surface area (TPSA) is 105 Å². The molecule has 1 unspecified atom stereocenters. The van der Waals surface area contributed by atoms with Crippen LogP contribution in [0, 0.1) is 6.92 Å². The quantitative estimate of drug-likeness (QED) is 0.780. The maximum absolute atomic E-state index is 12.6. The Morgan fingerprint density at radius 2 is 2.23 bits per heavy atom. The van der Waals surface area contributed by atoms with E-state index in [9.17, 15) is 9.59 Å². The Bertz CT molecular complexity index is 763. The molecule has 9 nitrogen and oxygen atoms in total. The van der Waals surface area contributed by atoms with E-state index in [1.54, 1.807) is 29.7 Å². The SMILES string of the molecule is CC(=O)N(CCc1noc(C)n1)C1CCCN(C(=O)c2ccnnc2)C1. The predicted molar refractivity (Wildman–Crippen MR) is 91.1 cm³/mol. The average Bonchev–Trinajstić information content (AvgIpc) is 3.07. The van der Waals surface area contributed by atoms with Crippen LogP contribution in [0.5, 0.6) is 0 Å². The number of carbonyl (C=O) groups is 2. The molecule has 3 heterocycles. The normalized spacial score (nSPS) is 17.2. The highest BCUT2D eigenvalue weighted by Crippen LogP contribution is 2.18. The number of hydrogen-bond acceptors (Lipinski definition) is 7. The van der Waals surface area contributed by atoms with E-state index >= 15 is 0 Å². The van der Waals surface area contributed by atoms with Crippen molar-refractivity contribution in [3.8, 4) is 0 Å². The number of likely N-dealkylation sites (tertiary alicyclic amines) is 1. The van der Waals surface area contributed by atoms with Crippen molar-refractivity contribution in [1.82, 2.24) is 30.1 Å². The summed E-state index contributed by atoms with van der Waals surface area (Å²) >= 11 is 0. The maximum Gasteiger partial charge on any atom is 0.255 e. The van der Waals surface area contributed by atoms with Crippen LogP contribution in [0.15, 0.2) is 23.0 Å². The Balaban J connectivity index is 1.65. The first-order valence-corrected chi connectivity index (χ1v) is 8.67. The molecule has 9 heteroatoms. The van der Waals surface area contributed by atoms with Crippen molar-refractivity contribution < 1.29 is 14.1 Å². The molecule has 2 aromatic heterocycles. The zero-order valence-corrected chi connectivity index (χ0v) is 15.0. The number of carbonyl (C=O) groups excluding carboxylic acids is 2. The molecule has 2 amide bonds. The fourth-order valence-electron chi connectivity index (χ4n) is 3.25. The Kier molecular flexibility index (Phi) is 5.55. The third-order valence-electron chi connectivity index (χ3n) is 4.51. The van der Waals surface area contributed by atoms with Gasteiger partial charge in [-0.1, -0.05) is 5.16 Å². The van der Waals surface area contributed by atoms with Gasteiger partial charge in [-0.3, -0.25) is 9.59 Å². The van der Waals surface area contributed by atoms with Crippen LogP contribution in [0.3, 0.4) is 0 Å². The van der Waals surface area contributed by atoms with Crippen LogP contribution in [0.25, 0.3) is 0 Å². The van der Waals surface area contributed by atoms with Gasteiger partial charge < -0.3 is 14.3 Å². The largest absolute Gasteiger partial charge is 0.340 e. The highest BCUT2D eigenvalue weighted by molar-refractivity contribution is 5.93. The van der Waals surface area contributed by atoms with Gasteiger partial charge in [0.25, 0.3) is 5.91 Å². The van der Waals surface area contributed by atoms with E-state index in [0.717, 1.165) is 12.8 Å². The Hall–Kier alpha value is -2.84. The van der Waals surface area contributed by atoms with Gasteiger partial charge in [-0.15, -0.1) is 0 Å². The third-order valence-corrected chi connectivity index (χ3v) is 4.51. The van der Waals surface area contributed by atoms with Crippen molar-refractivity contribution in [2.45, 2.75) is 39.2 Å². The van der Waals surface area contributed by atoms with E-state index < -0.39 is 0 Å². The zero-order chi connectivity index (χ0) is 18.5. The number of hydrogen-bond donors (Lipinski definition) is 0. The van der Waals surface area contributed by atoms with Crippen LogP contribution in [-0.4, -0.2) is 67.6 Å². The number of aryl methyl sites for hydroxylation is 1. The molecule has 2 aromatic rings. The Labute approximate surface area is 151 Å². The second kappa shape index (κ2) is 8.03. The fourth-order valence-corrected chi connectivity index (χ4v) is 3.25. The van der Waals surface area contributed by atoms with Gasteiger partial charge in [0.1, 0.15) is 0 Å². The molecule has 0 aromatic carbocycles. The first kappa shape index (κ1) is 18.0. The molecule has 0 aliphatic carbocycles. The molecule has 0 N–H and O–H groups in total. The van der Waals surface area contributed by atoms with E-state index in [1.165, 1.54) is 12.4 Å². The van der Waals surface area contributed by atoms with Crippen LogP contribution >= 0.6 is 0 Å². The lowest BCUT2D eigenvalue weighted by molar-refractivity contribution is -0.132. The minimum absolute atomic E-state index is 0.0184. The molecule has 3 rings (SSSR count). The minimum atomic E-state index is -0.0816. The second-order valence-electron chi connectivity index (χ2n) is 6.37. The number of nitrogens with zero attached hydrogens (tertiary/aromatic N) is 6. The summed E-state index contributed by atoms with van der Waals surface area (Å²) in [4.78, 5) is 32.6. The fraction of sp³-hybridized carbons (Fsp3) is 0.529. The summed E-state index contributed by atoms with van der Waals surface area (Å²) in [5.74, 6) is 0.993. The van der Waals surface area contributed by atoms with Crippen molar-refractivity contribution >= 4 is 11.8 Å². The van der Waals surface area contributed by atoms with Gasteiger partial charge in [-0.2, -0.15) is 15.2 Å². The number of aromatic nitrogens is 4.